The molecule has 0 aromatic rings. The van der Waals surface area contributed by atoms with E-state index in [2.05, 4.69) is 5.32 Å². The number of aliphatic hydroxyl groups is 7. The highest BCUT2D eigenvalue weighted by Gasteiger charge is 2.44. The second-order valence-corrected chi connectivity index (χ2v) is 7.28. The molecule has 0 saturated carbocycles. The average molecular weight is 409 g/mol. The minimum Gasteiger partial charge on any atom is -0.394 e. The molecule has 2 radical (unpaired) electrons. The van der Waals surface area contributed by atoms with Crippen molar-refractivity contribution in [2.45, 2.75) is 75.3 Å². The summed E-state index contributed by atoms with van der Waals surface area (Å²) >= 11 is 0. The summed E-state index contributed by atoms with van der Waals surface area (Å²) in [7, 11) is 0. The molecule has 1 amide bonds. The summed E-state index contributed by atoms with van der Waals surface area (Å²) in [5.41, 5.74) is 0. The second-order valence-electron chi connectivity index (χ2n) is 7.28. The van der Waals surface area contributed by atoms with Gasteiger partial charge in [-0.25, -0.2) is 0 Å². The van der Waals surface area contributed by atoms with E-state index in [1.54, 1.807) is 0 Å². The Bertz CT molecular complexity index is 475. The molecule has 1 saturated heterocycles. The molecule has 9 atom stereocenters. The van der Waals surface area contributed by atoms with Crippen LogP contribution in [-0.4, -0.2) is 110 Å². The van der Waals surface area contributed by atoms with Crippen molar-refractivity contribution < 1.29 is 50.0 Å². The summed E-state index contributed by atoms with van der Waals surface area (Å²) in [6, 6.07) is -1.24. The van der Waals surface area contributed by atoms with Crippen molar-refractivity contribution in [2.75, 3.05) is 13.2 Å². The standard InChI is InChI=1S/C17H31NO10/c1-7(2)4-10(21)12(22)9(18-16(26)8(3)20)6-27-17-15(25)14(24)13(23)11(5-19)28-17/h3,7-15,17,19-25H,4-6H2,1-2H3,(H,18,26)/t8-,9-,10+,11?,12-,13-,14-,15?,17+/m0/s1. The molecule has 2 unspecified atom stereocenters. The molecular weight excluding hydrogens is 378 g/mol. The highest BCUT2D eigenvalue weighted by atomic mass is 16.7. The molecule has 1 aliphatic rings. The molecule has 0 bridgehead atoms. The Morgan fingerprint density at radius 2 is 1.75 bits per heavy atom. The predicted octanol–water partition coefficient (Wildman–Crippen LogP) is -3.87. The summed E-state index contributed by atoms with van der Waals surface area (Å²) in [5.74, 6) is -0.995. The van der Waals surface area contributed by atoms with E-state index in [1.165, 1.54) is 0 Å². The molecule has 164 valence electrons. The van der Waals surface area contributed by atoms with Crippen molar-refractivity contribution >= 4 is 5.91 Å². The van der Waals surface area contributed by atoms with E-state index in [0.717, 1.165) is 0 Å². The number of aliphatic hydroxyl groups excluding tert-OH is 7. The Kier molecular flexibility index (Phi) is 10.2. The van der Waals surface area contributed by atoms with E-state index in [-0.39, 0.29) is 12.3 Å². The minimum atomic E-state index is -1.87. The fraction of sp³-hybridized carbons (Fsp3) is 0.882. The molecule has 0 spiro atoms. The summed E-state index contributed by atoms with van der Waals surface area (Å²) < 4.78 is 10.5. The lowest BCUT2D eigenvalue weighted by molar-refractivity contribution is -0.303. The second kappa shape index (κ2) is 11.3. The number of ether oxygens (including phenoxy) is 2. The zero-order valence-electron chi connectivity index (χ0n) is 15.8. The number of carbonyl (C=O) groups excluding carboxylic acids is 1. The number of carbonyl (C=O) groups is 1. The Hall–Kier alpha value is -0.890. The summed E-state index contributed by atoms with van der Waals surface area (Å²) in [5, 5.41) is 70.5. The molecule has 1 fully saturated rings. The third-order valence-electron chi connectivity index (χ3n) is 4.40. The van der Waals surface area contributed by atoms with Crippen molar-refractivity contribution in [2.24, 2.45) is 5.92 Å². The van der Waals surface area contributed by atoms with Gasteiger partial charge in [0.05, 0.1) is 25.4 Å². The van der Waals surface area contributed by atoms with Crippen LogP contribution in [0.2, 0.25) is 0 Å². The van der Waals surface area contributed by atoms with Gasteiger partial charge in [-0.2, -0.15) is 0 Å². The highest BCUT2D eigenvalue weighted by Crippen LogP contribution is 2.22. The molecular formula is C17H31NO10. The smallest absolute Gasteiger partial charge is 0.249 e. The van der Waals surface area contributed by atoms with Crippen LogP contribution in [-0.2, 0) is 14.3 Å². The number of rotatable bonds is 10. The van der Waals surface area contributed by atoms with Gasteiger partial charge in [0.2, 0.25) is 5.91 Å². The number of hydrogen-bond donors (Lipinski definition) is 8. The number of amides is 1. The van der Waals surface area contributed by atoms with Gasteiger partial charge in [-0.3, -0.25) is 4.79 Å². The molecule has 1 aliphatic heterocycles. The van der Waals surface area contributed by atoms with Crippen molar-refractivity contribution in [3.8, 4) is 0 Å². The summed E-state index contributed by atoms with van der Waals surface area (Å²) in [4.78, 5) is 11.7. The maximum absolute atomic E-state index is 11.7. The van der Waals surface area contributed by atoms with Gasteiger partial charge in [-0.15, -0.1) is 0 Å². The molecule has 0 aliphatic carbocycles. The molecule has 28 heavy (non-hydrogen) atoms. The largest absolute Gasteiger partial charge is 0.394 e. The van der Waals surface area contributed by atoms with E-state index in [4.69, 9.17) is 21.5 Å². The van der Waals surface area contributed by atoms with Crippen LogP contribution in [0.3, 0.4) is 0 Å². The van der Waals surface area contributed by atoms with Crippen molar-refractivity contribution in [3.05, 3.63) is 6.92 Å². The first-order valence-corrected chi connectivity index (χ1v) is 9.01. The van der Waals surface area contributed by atoms with Gasteiger partial charge in [0.15, 0.2) is 6.29 Å². The van der Waals surface area contributed by atoms with Gasteiger partial charge in [-0.1, -0.05) is 13.8 Å². The van der Waals surface area contributed by atoms with Crippen LogP contribution in [0.4, 0.5) is 0 Å². The maximum Gasteiger partial charge on any atom is 0.249 e. The van der Waals surface area contributed by atoms with E-state index in [9.17, 15) is 35.4 Å². The topological polar surface area (TPSA) is 189 Å². The van der Waals surface area contributed by atoms with Gasteiger partial charge >= 0.3 is 0 Å². The molecule has 1 heterocycles. The van der Waals surface area contributed by atoms with Gasteiger partial charge in [0.1, 0.15) is 36.6 Å². The fourth-order valence-electron chi connectivity index (χ4n) is 2.79. The van der Waals surface area contributed by atoms with Gasteiger partial charge < -0.3 is 50.5 Å². The monoisotopic (exact) mass is 409 g/mol. The van der Waals surface area contributed by atoms with E-state index in [0.29, 0.717) is 0 Å². The van der Waals surface area contributed by atoms with Gasteiger partial charge in [0, 0.05) is 6.92 Å². The minimum absolute atomic E-state index is 0.0347. The lowest BCUT2D eigenvalue weighted by Gasteiger charge is -2.40. The maximum atomic E-state index is 11.7. The number of hydrogen-bond acceptors (Lipinski definition) is 10. The molecule has 0 aromatic carbocycles. The predicted molar refractivity (Wildman–Crippen MR) is 93.4 cm³/mol. The molecule has 0 aromatic heterocycles. The first-order chi connectivity index (χ1) is 13.0. The average Bonchev–Trinajstić information content (AvgIpc) is 2.63. The van der Waals surface area contributed by atoms with Crippen LogP contribution in [0.1, 0.15) is 20.3 Å². The Balaban J connectivity index is 2.83. The van der Waals surface area contributed by atoms with E-state index < -0.39 is 74.2 Å². The van der Waals surface area contributed by atoms with Crippen molar-refractivity contribution in [1.82, 2.24) is 5.32 Å². The Labute approximate surface area is 163 Å². The third kappa shape index (κ3) is 6.87. The SMILES string of the molecule is [CH][C@H](O)C(=O)N[C@@H](CO[C@@H]1OC(CO)[C@H](O)[C@H](O)C1O)[C@H](O)[C@H](O)CC(C)C. The molecule has 1 rings (SSSR count). The van der Waals surface area contributed by atoms with Crippen molar-refractivity contribution in [3.63, 3.8) is 0 Å². The molecule has 11 nitrogen and oxygen atoms in total. The van der Waals surface area contributed by atoms with Crippen LogP contribution in [0, 0.1) is 12.8 Å². The van der Waals surface area contributed by atoms with Gasteiger partial charge in [0.25, 0.3) is 0 Å². The first-order valence-electron chi connectivity index (χ1n) is 9.01. The van der Waals surface area contributed by atoms with E-state index >= 15 is 0 Å². The molecule has 8 N–H and O–H groups in total. The normalized spacial score (nSPS) is 32.6. The van der Waals surface area contributed by atoms with Crippen molar-refractivity contribution in [1.29, 1.82) is 0 Å². The lowest BCUT2D eigenvalue weighted by atomic mass is 9.97. The zero-order valence-corrected chi connectivity index (χ0v) is 15.8. The van der Waals surface area contributed by atoms with Gasteiger partial charge in [-0.05, 0) is 12.3 Å². The van der Waals surface area contributed by atoms with Crippen LogP contribution in [0.15, 0.2) is 0 Å². The van der Waals surface area contributed by atoms with Crippen LogP contribution >= 0.6 is 0 Å². The lowest BCUT2D eigenvalue weighted by Crippen LogP contribution is -2.60. The summed E-state index contributed by atoms with van der Waals surface area (Å²) in [6.45, 7) is 7.56. The quantitative estimate of drug-likeness (QED) is 0.177. The third-order valence-corrected chi connectivity index (χ3v) is 4.40. The Morgan fingerprint density at radius 1 is 1.14 bits per heavy atom. The highest BCUT2D eigenvalue weighted by molar-refractivity contribution is 5.81. The van der Waals surface area contributed by atoms with E-state index in [1.807, 2.05) is 13.8 Å². The number of nitrogens with one attached hydrogen (secondary N) is 1. The Morgan fingerprint density at radius 3 is 2.25 bits per heavy atom. The first kappa shape index (κ1) is 25.1. The van der Waals surface area contributed by atoms with Crippen LogP contribution in [0.25, 0.3) is 0 Å². The van der Waals surface area contributed by atoms with Crippen LogP contribution < -0.4 is 5.32 Å². The molecule has 11 heteroatoms. The van der Waals surface area contributed by atoms with Crippen LogP contribution in [0.5, 0.6) is 0 Å². The fourth-order valence-corrected chi connectivity index (χ4v) is 2.79. The zero-order chi connectivity index (χ0) is 21.6. The summed E-state index contributed by atoms with van der Waals surface area (Å²) in [6.07, 6.45) is -12.0.